The van der Waals surface area contributed by atoms with Crippen LogP contribution in [0, 0.1) is 0 Å². The van der Waals surface area contributed by atoms with Gasteiger partial charge in [-0.3, -0.25) is 4.79 Å². The van der Waals surface area contributed by atoms with Crippen LogP contribution in [-0.4, -0.2) is 60.2 Å². The average molecular weight is 469 g/mol. The average Bonchev–Trinajstić information content (AvgIpc) is 3.50. The van der Waals surface area contributed by atoms with E-state index in [1.807, 2.05) is 36.0 Å². The number of carbonyl (C=O) groups is 2. The van der Waals surface area contributed by atoms with E-state index in [9.17, 15) is 9.59 Å². The lowest BCUT2D eigenvalue weighted by molar-refractivity contribution is -0.133. The molecule has 0 saturated carbocycles. The van der Waals surface area contributed by atoms with Crippen molar-refractivity contribution in [2.75, 3.05) is 39.2 Å². The van der Waals surface area contributed by atoms with E-state index in [0.717, 1.165) is 5.69 Å². The van der Waals surface area contributed by atoms with Gasteiger partial charge in [0.25, 0.3) is 0 Å². The number of anilines is 1. The molecule has 3 amide bonds. The Morgan fingerprint density at radius 3 is 2.44 bits per heavy atom. The SMILES string of the molecule is COCCCN(CC(=O)N(Cc1ccco1)Cc1cccn1C)C(=O)Nc1ccc(OC)cc1. The van der Waals surface area contributed by atoms with Crippen LogP contribution >= 0.6 is 0 Å². The fraction of sp³-hybridized carbons (Fsp3) is 0.360. The predicted octanol–water partition coefficient (Wildman–Crippen LogP) is 3.73. The molecule has 0 bridgehead atoms. The number of rotatable bonds is 12. The standard InChI is InChI=1S/C25H32N4O5/c1-27-13-4-7-21(27)17-29(18-23-8-5-16-34-23)24(30)19-28(14-6-15-32-2)25(31)26-20-9-11-22(33-3)12-10-20/h4-5,7-13,16H,6,14-15,17-19H2,1-3H3,(H,26,31). The molecular formula is C25H32N4O5. The Labute approximate surface area is 199 Å². The van der Waals surface area contributed by atoms with Crippen molar-refractivity contribution in [1.29, 1.82) is 0 Å². The molecule has 0 fully saturated rings. The van der Waals surface area contributed by atoms with Gasteiger partial charge in [0.05, 0.1) is 26.5 Å². The second-order valence-corrected chi connectivity index (χ2v) is 7.87. The lowest BCUT2D eigenvalue weighted by Crippen LogP contribution is -2.44. The van der Waals surface area contributed by atoms with E-state index in [0.29, 0.717) is 49.9 Å². The van der Waals surface area contributed by atoms with Crippen LogP contribution in [0.5, 0.6) is 5.75 Å². The van der Waals surface area contributed by atoms with Crippen LogP contribution in [-0.2, 0) is 29.7 Å². The van der Waals surface area contributed by atoms with Gasteiger partial charge in [0, 0.05) is 44.9 Å². The highest BCUT2D eigenvalue weighted by molar-refractivity contribution is 5.92. The summed E-state index contributed by atoms with van der Waals surface area (Å²) in [6.45, 7) is 1.50. The van der Waals surface area contributed by atoms with Gasteiger partial charge in [0.15, 0.2) is 0 Å². The summed E-state index contributed by atoms with van der Waals surface area (Å²) in [5, 5.41) is 2.86. The number of aryl methyl sites for hydroxylation is 1. The van der Waals surface area contributed by atoms with Crippen molar-refractivity contribution in [3.05, 3.63) is 72.4 Å². The Morgan fingerprint density at radius 2 is 1.82 bits per heavy atom. The molecule has 1 aromatic carbocycles. The smallest absolute Gasteiger partial charge is 0.322 e. The van der Waals surface area contributed by atoms with Crippen molar-refractivity contribution in [2.24, 2.45) is 7.05 Å². The van der Waals surface area contributed by atoms with E-state index in [4.69, 9.17) is 13.9 Å². The number of hydrogen-bond acceptors (Lipinski definition) is 5. The van der Waals surface area contributed by atoms with Crippen molar-refractivity contribution in [3.63, 3.8) is 0 Å². The van der Waals surface area contributed by atoms with Gasteiger partial charge in [-0.15, -0.1) is 0 Å². The molecule has 0 radical (unpaired) electrons. The summed E-state index contributed by atoms with van der Waals surface area (Å²) in [7, 11) is 5.13. The van der Waals surface area contributed by atoms with Crippen LogP contribution < -0.4 is 10.1 Å². The summed E-state index contributed by atoms with van der Waals surface area (Å²) in [6.07, 6.45) is 4.12. The third-order valence-corrected chi connectivity index (χ3v) is 5.41. The molecule has 0 saturated heterocycles. The summed E-state index contributed by atoms with van der Waals surface area (Å²) in [5.41, 5.74) is 1.60. The number of furan rings is 1. The van der Waals surface area contributed by atoms with Gasteiger partial charge < -0.3 is 33.6 Å². The Kier molecular flexibility index (Phi) is 9.16. The van der Waals surface area contributed by atoms with Gasteiger partial charge in [0.1, 0.15) is 18.1 Å². The molecule has 9 heteroatoms. The second-order valence-electron chi connectivity index (χ2n) is 7.87. The number of benzene rings is 1. The van der Waals surface area contributed by atoms with Crippen molar-refractivity contribution in [2.45, 2.75) is 19.5 Å². The summed E-state index contributed by atoms with van der Waals surface area (Å²) >= 11 is 0. The molecule has 0 spiro atoms. The quantitative estimate of drug-likeness (QED) is 0.409. The maximum absolute atomic E-state index is 13.4. The first kappa shape index (κ1) is 24.9. The molecule has 0 aliphatic rings. The molecule has 0 unspecified atom stereocenters. The number of urea groups is 1. The number of nitrogens with one attached hydrogen (secondary N) is 1. The molecule has 9 nitrogen and oxygen atoms in total. The fourth-order valence-corrected chi connectivity index (χ4v) is 3.47. The Hall–Kier alpha value is -3.72. The molecule has 0 aliphatic heterocycles. The number of nitrogens with zero attached hydrogens (tertiary/aromatic N) is 3. The molecule has 3 aromatic rings. The van der Waals surface area contributed by atoms with Gasteiger partial charge in [-0.25, -0.2) is 4.79 Å². The lowest BCUT2D eigenvalue weighted by Gasteiger charge is -2.27. The maximum Gasteiger partial charge on any atom is 0.322 e. The van der Waals surface area contributed by atoms with Crippen molar-refractivity contribution in [3.8, 4) is 5.75 Å². The minimum absolute atomic E-state index is 0.0726. The van der Waals surface area contributed by atoms with Gasteiger partial charge in [-0.1, -0.05) is 0 Å². The Morgan fingerprint density at radius 1 is 1.03 bits per heavy atom. The van der Waals surface area contributed by atoms with Gasteiger partial charge in [-0.2, -0.15) is 0 Å². The highest BCUT2D eigenvalue weighted by Crippen LogP contribution is 2.16. The zero-order valence-corrected chi connectivity index (χ0v) is 19.9. The molecule has 1 N–H and O–H groups in total. The number of methoxy groups -OCH3 is 2. The maximum atomic E-state index is 13.4. The topological polar surface area (TPSA) is 89.2 Å². The zero-order chi connectivity index (χ0) is 24.3. The molecular weight excluding hydrogens is 436 g/mol. The van der Waals surface area contributed by atoms with E-state index in [1.54, 1.807) is 55.7 Å². The molecule has 0 aliphatic carbocycles. The number of hydrogen-bond donors (Lipinski definition) is 1. The van der Waals surface area contributed by atoms with Gasteiger partial charge in [-0.05, 0) is 55.0 Å². The molecule has 2 aromatic heterocycles. The normalized spacial score (nSPS) is 10.7. The lowest BCUT2D eigenvalue weighted by atomic mass is 10.3. The van der Waals surface area contributed by atoms with E-state index in [1.165, 1.54) is 4.90 Å². The summed E-state index contributed by atoms with van der Waals surface area (Å²) in [6, 6.07) is 14.2. The van der Waals surface area contributed by atoms with E-state index in [2.05, 4.69) is 5.32 Å². The van der Waals surface area contributed by atoms with Crippen molar-refractivity contribution in [1.82, 2.24) is 14.4 Å². The number of ether oxygens (including phenoxy) is 2. The summed E-state index contributed by atoms with van der Waals surface area (Å²) < 4.78 is 17.7. The Bertz CT molecular complexity index is 1030. The van der Waals surface area contributed by atoms with Crippen LogP contribution in [0.2, 0.25) is 0 Å². The van der Waals surface area contributed by atoms with Crippen LogP contribution in [0.15, 0.2) is 65.4 Å². The van der Waals surface area contributed by atoms with Gasteiger partial charge in [0.2, 0.25) is 5.91 Å². The predicted molar refractivity (Wildman–Crippen MR) is 128 cm³/mol. The van der Waals surface area contributed by atoms with E-state index >= 15 is 0 Å². The number of carbonyl (C=O) groups excluding carboxylic acids is 2. The molecule has 0 atom stereocenters. The summed E-state index contributed by atoms with van der Waals surface area (Å²) in [4.78, 5) is 29.7. The van der Waals surface area contributed by atoms with Gasteiger partial charge >= 0.3 is 6.03 Å². The molecule has 3 rings (SSSR count). The fourth-order valence-electron chi connectivity index (χ4n) is 3.47. The molecule has 2 heterocycles. The monoisotopic (exact) mass is 468 g/mol. The first-order valence-electron chi connectivity index (χ1n) is 11.1. The highest BCUT2D eigenvalue weighted by Gasteiger charge is 2.23. The zero-order valence-electron chi connectivity index (χ0n) is 19.9. The number of aromatic nitrogens is 1. The van der Waals surface area contributed by atoms with E-state index in [-0.39, 0.29) is 18.5 Å². The summed E-state index contributed by atoms with van der Waals surface area (Å²) in [5.74, 6) is 1.19. The minimum atomic E-state index is -0.355. The Balaban J connectivity index is 1.73. The number of amides is 3. The molecule has 182 valence electrons. The van der Waals surface area contributed by atoms with Crippen LogP contribution in [0.25, 0.3) is 0 Å². The third-order valence-electron chi connectivity index (χ3n) is 5.41. The first-order valence-corrected chi connectivity index (χ1v) is 11.1. The second kappa shape index (κ2) is 12.5. The van der Waals surface area contributed by atoms with Crippen LogP contribution in [0.4, 0.5) is 10.5 Å². The van der Waals surface area contributed by atoms with E-state index < -0.39 is 0 Å². The van der Waals surface area contributed by atoms with Crippen LogP contribution in [0.3, 0.4) is 0 Å². The first-order chi connectivity index (χ1) is 16.5. The van der Waals surface area contributed by atoms with Crippen molar-refractivity contribution >= 4 is 17.6 Å². The highest BCUT2D eigenvalue weighted by atomic mass is 16.5. The minimum Gasteiger partial charge on any atom is -0.497 e. The molecule has 34 heavy (non-hydrogen) atoms. The van der Waals surface area contributed by atoms with Crippen molar-refractivity contribution < 1.29 is 23.5 Å². The largest absolute Gasteiger partial charge is 0.497 e. The van der Waals surface area contributed by atoms with Crippen LogP contribution in [0.1, 0.15) is 17.9 Å². The third kappa shape index (κ3) is 7.14.